The maximum Gasteiger partial charge on any atom is 0.223 e. The van der Waals surface area contributed by atoms with E-state index in [2.05, 4.69) is 29.1 Å². The van der Waals surface area contributed by atoms with Gasteiger partial charge in [-0.1, -0.05) is 12.1 Å². The van der Waals surface area contributed by atoms with Crippen LogP contribution < -0.4 is 4.74 Å². The number of hydrogen-bond acceptors (Lipinski definition) is 3. The molecular weight excluding hydrogens is 326 g/mol. The molecule has 0 aliphatic carbocycles. The fourth-order valence-corrected chi connectivity index (χ4v) is 3.92. The minimum absolute atomic E-state index is 0.189. The van der Waals surface area contributed by atoms with Crippen LogP contribution in [0.4, 0.5) is 0 Å². The highest BCUT2D eigenvalue weighted by Gasteiger charge is 2.29. The lowest BCUT2D eigenvalue weighted by molar-refractivity contribution is -0.132. The van der Waals surface area contributed by atoms with Gasteiger partial charge in [-0.3, -0.25) is 9.48 Å². The van der Waals surface area contributed by atoms with Crippen molar-refractivity contribution < 1.29 is 9.53 Å². The minimum Gasteiger partial charge on any atom is -0.494 e. The molecule has 2 heterocycles. The van der Waals surface area contributed by atoms with Gasteiger partial charge in [0.15, 0.2) is 0 Å². The lowest BCUT2D eigenvalue weighted by atomic mass is 10.0. The number of rotatable bonds is 6. The molecule has 1 aromatic carbocycles. The van der Waals surface area contributed by atoms with Crippen LogP contribution in [-0.2, 0) is 18.3 Å². The van der Waals surface area contributed by atoms with Crippen LogP contribution in [0.5, 0.6) is 5.75 Å². The number of nitrogens with zero attached hydrogens (tertiary/aromatic N) is 3. The second kappa shape index (κ2) is 7.94. The SMILES string of the molecule is CCOc1ccc(C2CCCN2C(=O)CCc2c(C)nn(C)c2C)cc1. The molecule has 1 amide bonds. The zero-order valence-electron chi connectivity index (χ0n) is 16.3. The van der Waals surface area contributed by atoms with Crippen molar-refractivity contribution >= 4 is 5.91 Å². The first kappa shape index (κ1) is 18.5. The van der Waals surface area contributed by atoms with Crippen molar-refractivity contribution in [3.05, 3.63) is 46.8 Å². The molecule has 0 saturated carbocycles. The van der Waals surface area contributed by atoms with Gasteiger partial charge in [-0.25, -0.2) is 0 Å². The van der Waals surface area contributed by atoms with Crippen LogP contribution in [0.15, 0.2) is 24.3 Å². The van der Waals surface area contributed by atoms with E-state index >= 15 is 0 Å². The summed E-state index contributed by atoms with van der Waals surface area (Å²) < 4.78 is 7.42. The highest BCUT2D eigenvalue weighted by atomic mass is 16.5. The number of aromatic nitrogens is 2. The Morgan fingerprint density at radius 2 is 2.00 bits per heavy atom. The molecular formula is C21H29N3O2. The Kier molecular flexibility index (Phi) is 5.64. The van der Waals surface area contributed by atoms with Crippen molar-refractivity contribution in [2.24, 2.45) is 7.05 Å². The summed E-state index contributed by atoms with van der Waals surface area (Å²) in [6.45, 7) is 7.59. The molecule has 1 aliphatic rings. The number of amides is 1. The van der Waals surface area contributed by atoms with Crippen molar-refractivity contribution in [2.75, 3.05) is 13.2 Å². The Bertz CT molecular complexity index is 764. The molecule has 140 valence electrons. The molecule has 5 nitrogen and oxygen atoms in total. The number of hydrogen-bond donors (Lipinski definition) is 0. The van der Waals surface area contributed by atoms with E-state index in [9.17, 15) is 4.79 Å². The molecule has 0 spiro atoms. The van der Waals surface area contributed by atoms with Gasteiger partial charge in [0.25, 0.3) is 0 Å². The molecule has 5 heteroatoms. The van der Waals surface area contributed by atoms with Gasteiger partial charge in [0, 0.05) is 25.7 Å². The van der Waals surface area contributed by atoms with Crippen LogP contribution in [0.25, 0.3) is 0 Å². The quantitative estimate of drug-likeness (QED) is 0.793. The van der Waals surface area contributed by atoms with Crippen LogP contribution in [-0.4, -0.2) is 33.7 Å². The molecule has 0 radical (unpaired) electrons. The van der Waals surface area contributed by atoms with E-state index in [0.29, 0.717) is 13.0 Å². The van der Waals surface area contributed by atoms with Crippen LogP contribution >= 0.6 is 0 Å². The smallest absolute Gasteiger partial charge is 0.223 e. The van der Waals surface area contributed by atoms with Gasteiger partial charge >= 0.3 is 0 Å². The van der Waals surface area contributed by atoms with E-state index in [4.69, 9.17) is 4.74 Å². The minimum atomic E-state index is 0.189. The molecule has 1 aliphatic heterocycles. The third kappa shape index (κ3) is 3.76. The number of benzene rings is 1. The monoisotopic (exact) mass is 355 g/mol. The second-order valence-electron chi connectivity index (χ2n) is 7.02. The number of aryl methyl sites for hydroxylation is 2. The first-order valence-electron chi connectivity index (χ1n) is 9.52. The second-order valence-corrected chi connectivity index (χ2v) is 7.02. The van der Waals surface area contributed by atoms with E-state index in [1.165, 1.54) is 11.1 Å². The van der Waals surface area contributed by atoms with Crippen LogP contribution in [0.1, 0.15) is 54.7 Å². The zero-order valence-corrected chi connectivity index (χ0v) is 16.3. The zero-order chi connectivity index (χ0) is 18.7. The van der Waals surface area contributed by atoms with Gasteiger partial charge in [-0.15, -0.1) is 0 Å². The Labute approximate surface area is 156 Å². The predicted molar refractivity (Wildman–Crippen MR) is 102 cm³/mol. The lowest BCUT2D eigenvalue weighted by Crippen LogP contribution is -2.30. The lowest BCUT2D eigenvalue weighted by Gasteiger charge is -2.25. The normalized spacial score (nSPS) is 16.9. The van der Waals surface area contributed by atoms with Crippen LogP contribution in [0, 0.1) is 13.8 Å². The Hall–Kier alpha value is -2.30. The first-order valence-corrected chi connectivity index (χ1v) is 9.52. The van der Waals surface area contributed by atoms with Crippen LogP contribution in [0.2, 0.25) is 0 Å². The summed E-state index contributed by atoms with van der Waals surface area (Å²) in [4.78, 5) is 14.9. The van der Waals surface area contributed by atoms with E-state index < -0.39 is 0 Å². The van der Waals surface area contributed by atoms with Gasteiger partial charge in [0.1, 0.15) is 5.75 Å². The van der Waals surface area contributed by atoms with E-state index in [1.807, 2.05) is 37.7 Å². The molecule has 0 N–H and O–H groups in total. The number of ether oxygens (including phenoxy) is 1. The molecule has 2 aromatic rings. The van der Waals surface area contributed by atoms with Crippen molar-refractivity contribution in [1.82, 2.24) is 14.7 Å². The van der Waals surface area contributed by atoms with Crippen molar-refractivity contribution in [3.8, 4) is 5.75 Å². The maximum absolute atomic E-state index is 12.9. The summed E-state index contributed by atoms with van der Waals surface area (Å²) in [7, 11) is 1.95. The standard InChI is InChI=1S/C21H29N3O2/c1-5-26-18-10-8-17(9-11-18)20-7-6-14-24(20)21(25)13-12-19-15(2)22-23(4)16(19)3/h8-11,20H,5-7,12-14H2,1-4H3. The number of carbonyl (C=O) groups excluding carboxylic acids is 1. The molecule has 1 saturated heterocycles. The summed E-state index contributed by atoms with van der Waals surface area (Å²) in [5.74, 6) is 1.12. The highest BCUT2D eigenvalue weighted by molar-refractivity contribution is 5.77. The number of carbonyl (C=O) groups is 1. The number of likely N-dealkylation sites (tertiary alicyclic amines) is 1. The van der Waals surface area contributed by atoms with E-state index in [-0.39, 0.29) is 11.9 Å². The fraction of sp³-hybridized carbons (Fsp3) is 0.524. The van der Waals surface area contributed by atoms with E-state index in [0.717, 1.165) is 42.9 Å². The van der Waals surface area contributed by atoms with Crippen molar-refractivity contribution in [1.29, 1.82) is 0 Å². The third-order valence-corrected chi connectivity index (χ3v) is 5.40. The molecule has 0 bridgehead atoms. The summed E-state index contributed by atoms with van der Waals surface area (Å²) in [6, 6.07) is 8.38. The molecule has 1 fully saturated rings. The first-order chi connectivity index (χ1) is 12.5. The van der Waals surface area contributed by atoms with Crippen molar-refractivity contribution in [2.45, 2.75) is 52.5 Å². The Morgan fingerprint density at radius 1 is 1.27 bits per heavy atom. The summed E-state index contributed by atoms with van der Waals surface area (Å²) in [6.07, 6.45) is 3.40. The van der Waals surface area contributed by atoms with Crippen LogP contribution in [0.3, 0.4) is 0 Å². The molecule has 3 rings (SSSR count). The van der Waals surface area contributed by atoms with Gasteiger partial charge in [-0.05, 0) is 63.3 Å². The maximum atomic E-state index is 12.9. The third-order valence-electron chi connectivity index (χ3n) is 5.40. The van der Waals surface area contributed by atoms with Gasteiger partial charge in [0.2, 0.25) is 5.91 Å². The van der Waals surface area contributed by atoms with Gasteiger partial charge in [0.05, 0.1) is 18.3 Å². The molecule has 1 unspecified atom stereocenters. The molecule has 26 heavy (non-hydrogen) atoms. The average Bonchev–Trinajstić information content (AvgIpc) is 3.20. The average molecular weight is 355 g/mol. The molecule has 1 atom stereocenters. The largest absolute Gasteiger partial charge is 0.494 e. The molecule has 1 aromatic heterocycles. The van der Waals surface area contributed by atoms with Gasteiger partial charge in [-0.2, -0.15) is 5.10 Å². The van der Waals surface area contributed by atoms with E-state index in [1.54, 1.807) is 0 Å². The van der Waals surface area contributed by atoms with Gasteiger partial charge < -0.3 is 9.64 Å². The Balaban J connectivity index is 1.66. The fourth-order valence-electron chi connectivity index (χ4n) is 3.92. The predicted octanol–water partition coefficient (Wildman–Crippen LogP) is 3.73. The van der Waals surface area contributed by atoms with Crippen molar-refractivity contribution in [3.63, 3.8) is 0 Å². The summed E-state index contributed by atoms with van der Waals surface area (Å²) in [5, 5.41) is 4.45. The summed E-state index contributed by atoms with van der Waals surface area (Å²) in [5.41, 5.74) is 4.59. The highest BCUT2D eigenvalue weighted by Crippen LogP contribution is 2.33. The topological polar surface area (TPSA) is 47.4 Å². The summed E-state index contributed by atoms with van der Waals surface area (Å²) >= 11 is 0. The Morgan fingerprint density at radius 3 is 2.62 bits per heavy atom.